The largest absolute Gasteiger partial charge is 0.324 e. The summed E-state index contributed by atoms with van der Waals surface area (Å²) < 4.78 is 2.41. The normalized spacial score (nSPS) is 10.4. The average Bonchev–Trinajstić information content (AvgIpc) is 2.67. The van der Waals surface area contributed by atoms with Crippen LogP contribution in [0.3, 0.4) is 0 Å². The molecule has 1 amide bonds. The number of nitrogens with one attached hydrogen (secondary N) is 1. The number of rotatable bonds is 4. The molecule has 0 fully saturated rings. The van der Waals surface area contributed by atoms with E-state index < -0.39 is 4.92 Å². The van der Waals surface area contributed by atoms with Gasteiger partial charge in [-0.2, -0.15) is 5.10 Å². The second-order valence-electron chi connectivity index (χ2n) is 4.49. The summed E-state index contributed by atoms with van der Waals surface area (Å²) in [5.41, 5.74) is 1.31. The van der Waals surface area contributed by atoms with E-state index in [1.165, 1.54) is 4.68 Å². The van der Waals surface area contributed by atoms with Crippen LogP contribution < -0.4 is 5.32 Å². The number of nitrogens with zero attached hydrogens (tertiary/aromatic N) is 3. The van der Waals surface area contributed by atoms with Gasteiger partial charge in [-0.1, -0.05) is 0 Å². The fraction of sp³-hybridized carbons (Fsp3) is 0.231. The summed E-state index contributed by atoms with van der Waals surface area (Å²) in [5.74, 6) is -0.281. The summed E-state index contributed by atoms with van der Waals surface area (Å²) in [6, 6.07) is 7.35. The number of benzene rings is 1. The summed E-state index contributed by atoms with van der Waals surface area (Å²) in [6.45, 7) is 3.07. The Balaban J connectivity index is 2.11. The first-order valence-electron chi connectivity index (χ1n) is 6.12. The van der Waals surface area contributed by atoms with Crippen molar-refractivity contribution in [1.82, 2.24) is 9.78 Å². The molecule has 0 saturated carbocycles. The monoisotopic (exact) mass is 400 g/mol. The van der Waals surface area contributed by atoms with E-state index in [2.05, 4.69) is 33.0 Å². The summed E-state index contributed by atoms with van der Waals surface area (Å²) in [5, 5.41) is 17.7. The fourth-order valence-electron chi connectivity index (χ4n) is 1.98. The van der Waals surface area contributed by atoms with Gasteiger partial charge in [0.25, 0.3) is 0 Å². The number of aryl methyl sites for hydroxylation is 1. The van der Waals surface area contributed by atoms with Gasteiger partial charge in [-0.05, 0) is 60.7 Å². The van der Waals surface area contributed by atoms with Crippen molar-refractivity contribution < 1.29 is 9.72 Å². The Morgan fingerprint density at radius 3 is 2.52 bits per heavy atom. The van der Waals surface area contributed by atoms with E-state index in [0.29, 0.717) is 17.1 Å². The van der Waals surface area contributed by atoms with E-state index in [-0.39, 0.29) is 18.1 Å². The van der Waals surface area contributed by atoms with Gasteiger partial charge in [0.05, 0.1) is 4.92 Å². The number of hydrogen-bond acceptors (Lipinski definition) is 4. The Kier molecular flexibility index (Phi) is 4.56. The van der Waals surface area contributed by atoms with Crippen molar-refractivity contribution in [3.63, 3.8) is 0 Å². The van der Waals surface area contributed by atoms with Gasteiger partial charge in [-0.15, -0.1) is 0 Å². The molecule has 0 spiro atoms. The van der Waals surface area contributed by atoms with Gasteiger partial charge in [0, 0.05) is 9.26 Å². The van der Waals surface area contributed by atoms with Gasteiger partial charge in [0.2, 0.25) is 5.91 Å². The van der Waals surface area contributed by atoms with Crippen LogP contribution in [0.25, 0.3) is 0 Å². The molecule has 0 bridgehead atoms. The number of aromatic nitrogens is 2. The summed E-state index contributed by atoms with van der Waals surface area (Å²) in [4.78, 5) is 22.4. The first kappa shape index (κ1) is 15.4. The Hall–Kier alpha value is -1.97. The number of carbonyl (C=O) groups excluding carboxylic acids is 1. The third-order valence-electron chi connectivity index (χ3n) is 2.95. The summed E-state index contributed by atoms with van der Waals surface area (Å²) in [7, 11) is 0. The molecule has 1 N–H and O–H groups in total. The van der Waals surface area contributed by atoms with Crippen LogP contribution >= 0.6 is 22.6 Å². The van der Waals surface area contributed by atoms with E-state index in [9.17, 15) is 14.9 Å². The van der Waals surface area contributed by atoms with Gasteiger partial charge < -0.3 is 5.32 Å². The molecule has 8 heteroatoms. The Morgan fingerprint density at radius 1 is 1.38 bits per heavy atom. The van der Waals surface area contributed by atoms with Gasteiger partial charge in [-0.3, -0.25) is 19.6 Å². The minimum Gasteiger partial charge on any atom is -0.324 e. The molecule has 2 rings (SSSR count). The molecule has 0 aliphatic carbocycles. The lowest BCUT2D eigenvalue weighted by Gasteiger charge is -2.06. The van der Waals surface area contributed by atoms with Crippen LogP contribution in [0.5, 0.6) is 0 Å². The average molecular weight is 400 g/mol. The SMILES string of the molecule is Cc1nn(CC(=O)Nc2ccc(I)cc2)c(C)c1[N+](=O)[O-]. The highest BCUT2D eigenvalue weighted by Crippen LogP contribution is 2.21. The molecule has 21 heavy (non-hydrogen) atoms. The number of anilines is 1. The van der Waals surface area contributed by atoms with Crippen molar-refractivity contribution in [2.45, 2.75) is 20.4 Å². The standard InChI is InChI=1S/C13H13IN4O3/c1-8-13(18(20)21)9(2)17(16-8)7-12(19)15-11-5-3-10(14)4-6-11/h3-6H,7H2,1-2H3,(H,15,19). The quantitative estimate of drug-likeness (QED) is 0.486. The van der Waals surface area contributed by atoms with Crippen LogP contribution in [0.1, 0.15) is 11.4 Å². The zero-order valence-corrected chi connectivity index (χ0v) is 13.6. The first-order valence-corrected chi connectivity index (χ1v) is 7.20. The second-order valence-corrected chi connectivity index (χ2v) is 5.73. The minimum atomic E-state index is -0.481. The summed E-state index contributed by atoms with van der Waals surface area (Å²) in [6.07, 6.45) is 0. The number of carbonyl (C=O) groups is 1. The van der Waals surface area contributed by atoms with E-state index in [1.807, 2.05) is 12.1 Å². The minimum absolute atomic E-state index is 0.0444. The maximum atomic E-state index is 12.0. The molecule has 1 heterocycles. The number of hydrogen-bond donors (Lipinski definition) is 1. The molecular formula is C13H13IN4O3. The van der Waals surface area contributed by atoms with Crippen molar-refractivity contribution >= 4 is 39.9 Å². The van der Waals surface area contributed by atoms with Crippen molar-refractivity contribution in [3.8, 4) is 0 Å². The Morgan fingerprint density at radius 2 is 2.00 bits per heavy atom. The molecule has 0 unspecified atom stereocenters. The maximum absolute atomic E-state index is 12.0. The predicted octanol–water partition coefficient (Wildman–Crippen LogP) is 2.65. The molecule has 0 radical (unpaired) electrons. The molecule has 1 aromatic carbocycles. The lowest BCUT2D eigenvalue weighted by atomic mass is 10.3. The van der Waals surface area contributed by atoms with Crippen LogP contribution in [-0.2, 0) is 11.3 Å². The van der Waals surface area contributed by atoms with Crippen molar-refractivity contribution in [2.24, 2.45) is 0 Å². The van der Waals surface area contributed by atoms with Crippen LogP contribution in [0.15, 0.2) is 24.3 Å². The van der Waals surface area contributed by atoms with E-state index in [0.717, 1.165) is 3.57 Å². The van der Waals surface area contributed by atoms with Gasteiger partial charge in [0.1, 0.15) is 17.9 Å². The van der Waals surface area contributed by atoms with Gasteiger partial charge >= 0.3 is 5.69 Å². The maximum Gasteiger partial charge on any atom is 0.312 e. The lowest BCUT2D eigenvalue weighted by Crippen LogP contribution is -2.20. The van der Waals surface area contributed by atoms with Crippen molar-refractivity contribution in [3.05, 3.63) is 49.3 Å². The number of amides is 1. The Bertz CT molecular complexity index is 694. The van der Waals surface area contributed by atoms with E-state index in [1.54, 1.807) is 26.0 Å². The Labute approximate surface area is 134 Å². The molecule has 0 aliphatic heterocycles. The third kappa shape index (κ3) is 3.57. The van der Waals surface area contributed by atoms with Crippen LogP contribution in [0, 0.1) is 27.5 Å². The van der Waals surface area contributed by atoms with Crippen LogP contribution in [-0.4, -0.2) is 20.6 Å². The van der Waals surface area contributed by atoms with E-state index >= 15 is 0 Å². The van der Waals surface area contributed by atoms with Crippen molar-refractivity contribution in [2.75, 3.05) is 5.32 Å². The van der Waals surface area contributed by atoms with Crippen LogP contribution in [0.2, 0.25) is 0 Å². The third-order valence-corrected chi connectivity index (χ3v) is 3.67. The summed E-state index contributed by atoms with van der Waals surface area (Å²) >= 11 is 2.17. The predicted molar refractivity (Wildman–Crippen MR) is 86.1 cm³/mol. The second kappa shape index (κ2) is 6.20. The molecule has 0 atom stereocenters. The van der Waals surface area contributed by atoms with Crippen molar-refractivity contribution in [1.29, 1.82) is 0 Å². The molecular weight excluding hydrogens is 387 g/mol. The topological polar surface area (TPSA) is 90.1 Å². The highest BCUT2D eigenvalue weighted by molar-refractivity contribution is 14.1. The molecule has 7 nitrogen and oxygen atoms in total. The van der Waals surface area contributed by atoms with Gasteiger partial charge in [-0.25, -0.2) is 0 Å². The van der Waals surface area contributed by atoms with Crippen LogP contribution in [0.4, 0.5) is 11.4 Å². The first-order chi connectivity index (χ1) is 9.88. The highest BCUT2D eigenvalue weighted by Gasteiger charge is 2.22. The smallest absolute Gasteiger partial charge is 0.312 e. The van der Waals surface area contributed by atoms with E-state index in [4.69, 9.17) is 0 Å². The molecule has 2 aromatic rings. The van der Waals surface area contributed by atoms with Gasteiger partial charge in [0.15, 0.2) is 0 Å². The fourth-order valence-corrected chi connectivity index (χ4v) is 2.33. The molecule has 0 aliphatic rings. The highest BCUT2D eigenvalue weighted by atomic mass is 127. The number of nitro groups is 1. The zero-order valence-electron chi connectivity index (χ0n) is 11.5. The number of halogens is 1. The molecule has 1 aromatic heterocycles. The lowest BCUT2D eigenvalue weighted by molar-refractivity contribution is -0.386. The molecule has 0 saturated heterocycles. The zero-order chi connectivity index (χ0) is 15.6. The molecule has 110 valence electrons.